The van der Waals surface area contributed by atoms with Crippen molar-refractivity contribution in [2.75, 3.05) is 17.1 Å². The first-order valence-corrected chi connectivity index (χ1v) is 10.0. The molecular weight excluding hydrogens is 328 g/mol. The lowest BCUT2D eigenvalue weighted by atomic mass is 10.0. The third kappa shape index (κ3) is 5.33. The quantitative estimate of drug-likeness (QED) is 0.574. The number of rotatable bonds is 7. The zero-order valence-corrected chi connectivity index (χ0v) is 15.9. The van der Waals surface area contributed by atoms with Gasteiger partial charge < -0.3 is 14.8 Å². The maximum Gasteiger partial charge on any atom is 0.118 e. The summed E-state index contributed by atoms with van der Waals surface area (Å²) in [6.07, 6.45) is 6.86. The van der Waals surface area contributed by atoms with E-state index in [-0.39, 0.29) is 6.04 Å². The highest BCUT2D eigenvalue weighted by Gasteiger charge is 2.13. The van der Waals surface area contributed by atoms with Gasteiger partial charge in [0.1, 0.15) is 5.75 Å². The smallest absolute Gasteiger partial charge is 0.118 e. The standard InChI is InChI=1S/C21H28N2OS/c1-16(17-8-14-20(24-2)15-9-17)22-18-10-12-19(13-11-18)23-25-21-6-4-3-5-7-21/h8-16,21-23H,3-7H2,1-2H3. The maximum absolute atomic E-state index is 5.22. The van der Waals surface area contributed by atoms with Crippen LogP contribution in [0.1, 0.15) is 50.6 Å². The van der Waals surface area contributed by atoms with Gasteiger partial charge in [-0.1, -0.05) is 31.4 Å². The monoisotopic (exact) mass is 356 g/mol. The summed E-state index contributed by atoms with van der Waals surface area (Å²) in [6.45, 7) is 2.17. The predicted molar refractivity (Wildman–Crippen MR) is 110 cm³/mol. The van der Waals surface area contributed by atoms with Crippen molar-refractivity contribution in [1.82, 2.24) is 0 Å². The number of ether oxygens (including phenoxy) is 1. The first kappa shape index (κ1) is 18.0. The number of anilines is 2. The van der Waals surface area contributed by atoms with Gasteiger partial charge in [0.2, 0.25) is 0 Å². The summed E-state index contributed by atoms with van der Waals surface area (Å²) in [6, 6.07) is 17.1. The van der Waals surface area contributed by atoms with Gasteiger partial charge in [-0.2, -0.15) is 0 Å². The second kappa shape index (κ2) is 9.04. The molecule has 0 spiro atoms. The van der Waals surface area contributed by atoms with E-state index in [4.69, 9.17) is 4.74 Å². The van der Waals surface area contributed by atoms with Gasteiger partial charge in [-0.15, -0.1) is 0 Å². The molecule has 0 aliphatic heterocycles. The Morgan fingerprint density at radius 2 is 1.56 bits per heavy atom. The molecule has 1 atom stereocenters. The summed E-state index contributed by atoms with van der Waals surface area (Å²) < 4.78 is 8.73. The summed E-state index contributed by atoms with van der Waals surface area (Å²) in [5.41, 5.74) is 3.56. The molecule has 0 saturated heterocycles. The van der Waals surface area contributed by atoms with Crippen molar-refractivity contribution in [3.8, 4) is 5.75 Å². The Balaban J connectivity index is 1.50. The molecular formula is C21H28N2OS. The molecule has 134 valence electrons. The van der Waals surface area contributed by atoms with Gasteiger partial charge in [-0.3, -0.25) is 0 Å². The van der Waals surface area contributed by atoms with Crippen LogP contribution in [-0.4, -0.2) is 12.4 Å². The van der Waals surface area contributed by atoms with Crippen LogP contribution in [0.5, 0.6) is 5.75 Å². The molecule has 1 unspecified atom stereocenters. The van der Waals surface area contributed by atoms with Crippen LogP contribution in [0.2, 0.25) is 0 Å². The van der Waals surface area contributed by atoms with Gasteiger partial charge in [0.25, 0.3) is 0 Å². The lowest BCUT2D eigenvalue weighted by molar-refractivity contribution is 0.414. The zero-order valence-electron chi connectivity index (χ0n) is 15.1. The highest BCUT2D eigenvalue weighted by atomic mass is 32.2. The molecule has 1 fully saturated rings. The van der Waals surface area contributed by atoms with Crippen LogP contribution in [0.4, 0.5) is 11.4 Å². The number of benzene rings is 2. The zero-order chi connectivity index (χ0) is 17.5. The lowest BCUT2D eigenvalue weighted by Crippen LogP contribution is -2.10. The topological polar surface area (TPSA) is 33.3 Å². The van der Waals surface area contributed by atoms with Gasteiger partial charge in [-0.25, -0.2) is 0 Å². The SMILES string of the molecule is COc1ccc(C(C)Nc2ccc(NSC3CCCCC3)cc2)cc1. The molecule has 25 heavy (non-hydrogen) atoms. The summed E-state index contributed by atoms with van der Waals surface area (Å²) in [4.78, 5) is 0. The Morgan fingerprint density at radius 1 is 0.920 bits per heavy atom. The van der Waals surface area contributed by atoms with Crippen LogP contribution < -0.4 is 14.8 Å². The number of hydrogen-bond acceptors (Lipinski definition) is 4. The molecule has 2 aromatic carbocycles. The highest BCUT2D eigenvalue weighted by molar-refractivity contribution is 8.01. The van der Waals surface area contributed by atoms with Crippen molar-refractivity contribution in [1.29, 1.82) is 0 Å². The van der Waals surface area contributed by atoms with Crippen molar-refractivity contribution < 1.29 is 4.74 Å². The summed E-state index contributed by atoms with van der Waals surface area (Å²) >= 11 is 1.89. The predicted octanol–water partition coefficient (Wildman–Crippen LogP) is 6.26. The molecule has 1 aliphatic carbocycles. The minimum Gasteiger partial charge on any atom is -0.497 e. The van der Waals surface area contributed by atoms with E-state index in [9.17, 15) is 0 Å². The summed E-state index contributed by atoms with van der Waals surface area (Å²) in [7, 11) is 1.69. The van der Waals surface area contributed by atoms with E-state index in [1.807, 2.05) is 24.1 Å². The molecule has 0 aromatic heterocycles. The normalized spacial score (nSPS) is 16.2. The average Bonchev–Trinajstić information content (AvgIpc) is 2.68. The Morgan fingerprint density at radius 3 is 2.20 bits per heavy atom. The Bertz CT molecular complexity index is 636. The van der Waals surface area contributed by atoms with E-state index in [2.05, 4.69) is 53.4 Å². The van der Waals surface area contributed by atoms with Gasteiger partial charge >= 0.3 is 0 Å². The third-order valence-electron chi connectivity index (χ3n) is 4.78. The molecule has 4 heteroatoms. The minimum atomic E-state index is 0.251. The first-order chi connectivity index (χ1) is 12.2. The molecule has 2 N–H and O–H groups in total. The van der Waals surface area contributed by atoms with E-state index >= 15 is 0 Å². The van der Waals surface area contributed by atoms with E-state index in [0.717, 1.165) is 16.7 Å². The van der Waals surface area contributed by atoms with Crippen LogP contribution >= 0.6 is 11.9 Å². The Labute approximate surface area is 155 Å². The molecule has 0 radical (unpaired) electrons. The molecule has 2 aromatic rings. The van der Waals surface area contributed by atoms with Crippen LogP contribution in [0.3, 0.4) is 0 Å². The largest absolute Gasteiger partial charge is 0.497 e. The van der Waals surface area contributed by atoms with E-state index in [1.165, 1.54) is 43.4 Å². The minimum absolute atomic E-state index is 0.251. The molecule has 0 heterocycles. The lowest BCUT2D eigenvalue weighted by Gasteiger charge is -2.21. The second-order valence-corrected chi connectivity index (χ2v) is 7.80. The van der Waals surface area contributed by atoms with Crippen LogP contribution in [0.15, 0.2) is 48.5 Å². The van der Waals surface area contributed by atoms with Gasteiger partial charge in [0.15, 0.2) is 0 Å². The van der Waals surface area contributed by atoms with Gasteiger partial charge in [0, 0.05) is 22.7 Å². The number of methoxy groups -OCH3 is 1. The van der Waals surface area contributed by atoms with Crippen LogP contribution in [-0.2, 0) is 0 Å². The van der Waals surface area contributed by atoms with E-state index in [0.29, 0.717) is 0 Å². The Kier molecular flexibility index (Phi) is 6.51. The van der Waals surface area contributed by atoms with E-state index < -0.39 is 0 Å². The third-order valence-corrected chi connectivity index (χ3v) is 5.94. The second-order valence-electron chi connectivity index (χ2n) is 6.70. The summed E-state index contributed by atoms with van der Waals surface area (Å²) in [5, 5.41) is 4.32. The molecule has 3 nitrogen and oxygen atoms in total. The van der Waals surface area contributed by atoms with Crippen molar-refractivity contribution in [2.45, 2.75) is 50.3 Å². The van der Waals surface area contributed by atoms with E-state index in [1.54, 1.807) is 7.11 Å². The first-order valence-electron chi connectivity index (χ1n) is 9.17. The number of hydrogen-bond donors (Lipinski definition) is 2. The molecule has 0 amide bonds. The van der Waals surface area contributed by atoms with Crippen molar-refractivity contribution in [3.05, 3.63) is 54.1 Å². The fourth-order valence-electron chi connectivity index (χ4n) is 3.19. The van der Waals surface area contributed by atoms with Crippen molar-refractivity contribution >= 4 is 23.3 Å². The fraction of sp³-hybridized carbons (Fsp3) is 0.429. The van der Waals surface area contributed by atoms with Crippen LogP contribution in [0.25, 0.3) is 0 Å². The summed E-state index contributed by atoms with van der Waals surface area (Å²) in [5.74, 6) is 0.891. The number of nitrogens with one attached hydrogen (secondary N) is 2. The molecule has 0 bridgehead atoms. The van der Waals surface area contributed by atoms with Gasteiger partial charge in [0.05, 0.1) is 7.11 Å². The average molecular weight is 357 g/mol. The Hall–Kier alpha value is -1.81. The highest BCUT2D eigenvalue weighted by Crippen LogP contribution is 2.29. The molecule has 3 rings (SSSR count). The molecule has 1 saturated carbocycles. The van der Waals surface area contributed by atoms with Crippen molar-refractivity contribution in [3.63, 3.8) is 0 Å². The van der Waals surface area contributed by atoms with Crippen molar-refractivity contribution in [2.24, 2.45) is 0 Å². The molecule has 1 aliphatic rings. The maximum atomic E-state index is 5.22. The van der Waals surface area contributed by atoms with Crippen LogP contribution in [0, 0.1) is 0 Å². The van der Waals surface area contributed by atoms with Gasteiger partial charge in [-0.05, 0) is 73.7 Å². The fourth-order valence-corrected chi connectivity index (χ4v) is 4.20.